The molecule has 0 fully saturated rings. The number of halogens is 1. The summed E-state index contributed by atoms with van der Waals surface area (Å²) in [6.45, 7) is 0.314. The highest BCUT2D eigenvalue weighted by Gasteiger charge is 2.27. The van der Waals surface area contributed by atoms with Gasteiger partial charge in [0.15, 0.2) is 0 Å². The first-order chi connectivity index (χ1) is 9.56. The highest BCUT2D eigenvalue weighted by atomic mass is 79.9. The van der Waals surface area contributed by atoms with E-state index in [1.807, 2.05) is 47.4 Å². The Bertz CT molecular complexity index is 687. The Labute approximate surface area is 125 Å². The molecule has 5 heteroatoms. The number of nitrogen functional groups attached to an aromatic ring is 1. The molecule has 102 valence electrons. The number of anilines is 4. The van der Waals surface area contributed by atoms with Crippen LogP contribution in [0.4, 0.5) is 22.7 Å². The van der Waals surface area contributed by atoms with Gasteiger partial charge in [0.05, 0.1) is 11.4 Å². The maximum absolute atomic E-state index is 12.2. The molecule has 2 aromatic rings. The van der Waals surface area contributed by atoms with Gasteiger partial charge >= 0.3 is 0 Å². The van der Waals surface area contributed by atoms with Crippen molar-refractivity contribution in [2.75, 3.05) is 29.1 Å². The van der Waals surface area contributed by atoms with Crippen LogP contribution in [0.3, 0.4) is 0 Å². The maximum atomic E-state index is 12.2. The van der Waals surface area contributed by atoms with Gasteiger partial charge in [-0.05, 0) is 36.4 Å². The van der Waals surface area contributed by atoms with Gasteiger partial charge in [-0.3, -0.25) is 4.79 Å². The van der Waals surface area contributed by atoms with Crippen LogP contribution in [-0.4, -0.2) is 19.5 Å². The van der Waals surface area contributed by atoms with Crippen molar-refractivity contribution < 1.29 is 4.79 Å². The van der Waals surface area contributed by atoms with Gasteiger partial charge < -0.3 is 15.5 Å². The largest absolute Gasteiger partial charge is 0.399 e. The monoisotopic (exact) mass is 331 g/mol. The Morgan fingerprint density at radius 1 is 1.15 bits per heavy atom. The molecule has 20 heavy (non-hydrogen) atoms. The van der Waals surface area contributed by atoms with E-state index in [4.69, 9.17) is 5.73 Å². The third kappa shape index (κ3) is 2.14. The fraction of sp³-hybridized carbons (Fsp3) is 0.133. The molecule has 0 aliphatic carbocycles. The zero-order valence-electron chi connectivity index (χ0n) is 11.0. The van der Waals surface area contributed by atoms with Crippen molar-refractivity contribution in [3.05, 3.63) is 46.9 Å². The Morgan fingerprint density at radius 3 is 2.70 bits per heavy atom. The molecule has 0 bridgehead atoms. The van der Waals surface area contributed by atoms with Crippen LogP contribution in [-0.2, 0) is 4.79 Å². The number of amides is 1. The molecule has 0 atom stereocenters. The molecule has 0 unspecified atom stereocenters. The summed E-state index contributed by atoms with van der Waals surface area (Å²) in [4.78, 5) is 15.8. The second-order valence-electron chi connectivity index (χ2n) is 4.77. The zero-order chi connectivity index (χ0) is 14.3. The third-order valence-corrected chi connectivity index (χ3v) is 3.93. The van der Waals surface area contributed by atoms with Crippen LogP contribution in [0.1, 0.15) is 0 Å². The molecule has 3 rings (SSSR count). The van der Waals surface area contributed by atoms with E-state index >= 15 is 0 Å². The molecule has 1 heterocycles. The average molecular weight is 332 g/mol. The molecule has 0 aromatic heterocycles. The summed E-state index contributed by atoms with van der Waals surface area (Å²) in [5.41, 5.74) is 9.34. The van der Waals surface area contributed by atoms with Gasteiger partial charge in [0.2, 0.25) is 5.91 Å². The Morgan fingerprint density at radius 2 is 1.95 bits per heavy atom. The number of likely N-dealkylation sites (N-methyl/N-ethyl adjacent to an activating group) is 1. The summed E-state index contributed by atoms with van der Waals surface area (Å²) in [5.74, 6) is 0.0537. The van der Waals surface area contributed by atoms with Crippen molar-refractivity contribution in [1.29, 1.82) is 0 Å². The van der Waals surface area contributed by atoms with Gasteiger partial charge in [0.1, 0.15) is 6.54 Å². The standard InChI is InChI=1S/C15H14BrN3O/c1-18-14-7-10(16)5-6-13(14)19(9-15(18)20)12-4-2-3-11(17)8-12/h2-8H,9,17H2,1H3. The first kappa shape index (κ1) is 13.0. The van der Waals surface area contributed by atoms with Crippen LogP contribution < -0.4 is 15.5 Å². The number of carbonyl (C=O) groups is 1. The van der Waals surface area contributed by atoms with E-state index in [2.05, 4.69) is 15.9 Å². The lowest BCUT2D eigenvalue weighted by Crippen LogP contribution is -2.41. The summed E-state index contributed by atoms with van der Waals surface area (Å²) < 4.78 is 0.949. The molecular formula is C15H14BrN3O. The van der Waals surface area contributed by atoms with Crippen LogP contribution in [0.15, 0.2) is 46.9 Å². The molecule has 0 saturated carbocycles. The second-order valence-corrected chi connectivity index (χ2v) is 5.68. The SMILES string of the molecule is CN1C(=O)CN(c2cccc(N)c2)c2ccc(Br)cc21. The van der Waals surface area contributed by atoms with Crippen LogP contribution in [0.2, 0.25) is 0 Å². The van der Waals surface area contributed by atoms with Crippen LogP contribution in [0.5, 0.6) is 0 Å². The second kappa shape index (κ2) is 4.83. The topological polar surface area (TPSA) is 49.6 Å². The lowest BCUT2D eigenvalue weighted by Gasteiger charge is -2.35. The fourth-order valence-corrected chi connectivity index (χ4v) is 2.73. The minimum Gasteiger partial charge on any atom is -0.399 e. The highest BCUT2D eigenvalue weighted by Crippen LogP contribution is 2.39. The molecule has 1 aliphatic heterocycles. The van der Waals surface area contributed by atoms with E-state index in [1.54, 1.807) is 11.9 Å². The van der Waals surface area contributed by atoms with E-state index < -0.39 is 0 Å². The lowest BCUT2D eigenvalue weighted by molar-refractivity contribution is -0.117. The van der Waals surface area contributed by atoms with E-state index in [-0.39, 0.29) is 5.91 Å². The Hall–Kier alpha value is -2.01. The molecule has 0 saturated heterocycles. The predicted molar refractivity (Wildman–Crippen MR) is 85.4 cm³/mol. The number of nitrogens with two attached hydrogens (primary N) is 1. The van der Waals surface area contributed by atoms with Crippen molar-refractivity contribution in [3.63, 3.8) is 0 Å². The number of nitrogens with zero attached hydrogens (tertiary/aromatic N) is 2. The van der Waals surface area contributed by atoms with Gasteiger partial charge in [-0.15, -0.1) is 0 Å². The predicted octanol–water partition coefficient (Wildman–Crippen LogP) is 3.15. The van der Waals surface area contributed by atoms with E-state index in [9.17, 15) is 4.79 Å². The van der Waals surface area contributed by atoms with E-state index in [1.165, 1.54) is 0 Å². The number of benzene rings is 2. The molecule has 0 radical (unpaired) electrons. The highest BCUT2D eigenvalue weighted by molar-refractivity contribution is 9.10. The van der Waals surface area contributed by atoms with Crippen molar-refractivity contribution >= 4 is 44.6 Å². The smallest absolute Gasteiger partial charge is 0.246 e. The normalized spacial score (nSPS) is 14.4. The number of hydrogen-bond acceptors (Lipinski definition) is 3. The van der Waals surface area contributed by atoms with Crippen LogP contribution in [0, 0.1) is 0 Å². The molecule has 2 aromatic carbocycles. The van der Waals surface area contributed by atoms with Gasteiger partial charge in [-0.1, -0.05) is 22.0 Å². The molecule has 1 aliphatic rings. The Balaban J connectivity index is 2.14. The number of fused-ring (bicyclic) bond motifs is 1. The quantitative estimate of drug-likeness (QED) is 0.816. The fourth-order valence-electron chi connectivity index (χ4n) is 2.38. The molecule has 2 N–H and O–H groups in total. The third-order valence-electron chi connectivity index (χ3n) is 3.44. The summed E-state index contributed by atoms with van der Waals surface area (Å²) in [5, 5.41) is 0. The summed E-state index contributed by atoms with van der Waals surface area (Å²) >= 11 is 3.45. The van der Waals surface area contributed by atoms with E-state index in [0.29, 0.717) is 12.2 Å². The summed E-state index contributed by atoms with van der Waals surface area (Å²) in [6, 6.07) is 13.5. The molecular weight excluding hydrogens is 318 g/mol. The van der Waals surface area contributed by atoms with Crippen molar-refractivity contribution in [2.45, 2.75) is 0 Å². The van der Waals surface area contributed by atoms with Crippen molar-refractivity contribution in [2.24, 2.45) is 0 Å². The van der Waals surface area contributed by atoms with Crippen LogP contribution >= 0.6 is 15.9 Å². The van der Waals surface area contributed by atoms with Gasteiger partial charge in [-0.25, -0.2) is 0 Å². The molecule has 4 nitrogen and oxygen atoms in total. The zero-order valence-corrected chi connectivity index (χ0v) is 12.6. The lowest BCUT2D eigenvalue weighted by atomic mass is 10.1. The Kier molecular flexibility index (Phi) is 3.14. The number of carbonyl (C=O) groups excluding carboxylic acids is 1. The van der Waals surface area contributed by atoms with Gasteiger partial charge in [0.25, 0.3) is 0 Å². The minimum absolute atomic E-state index is 0.0537. The van der Waals surface area contributed by atoms with Gasteiger partial charge in [-0.2, -0.15) is 0 Å². The van der Waals surface area contributed by atoms with Gasteiger partial charge in [0, 0.05) is 22.9 Å². The molecule has 1 amide bonds. The maximum Gasteiger partial charge on any atom is 0.246 e. The number of rotatable bonds is 1. The first-order valence-corrected chi connectivity index (χ1v) is 7.05. The first-order valence-electron chi connectivity index (χ1n) is 6.25. The summed E-state index contributed by atoms with van der Waals surface area (Å²) in [7, 11) is 1.80. The summed E-state index contributed by atoms with van der Waals surface area (Å²) in [6.07, 6.45) is 0. The van der Waals surface area contributed by atoms with Crippen molar-refractivity contribution in [3.8, 4) is 0 Å². The minimum atomic E-state index is 0.0537. The number of hydrogen-bond donors (Lipinski definition) is 1. The average Bonchev–Trinajstić information content (AvgIpc) is 2.43. The molecule has 0 spiro atoms. The van der Waals surface area contributed by atoms with Crippen molar-refractivity contribution in [1.82, 2.24) is 0 Å². The van der Waals surface area contributed by atoms with Crippen LogP contribution in [0.25, 0.3) is 0 Å². The van der Waals surface area contributed by atoms with E-state index in [0.717, 1.165) is 21.5 Å².